The molecule has 0 fully saturated rings. The molecule has 0 aliphatic heterocycles. The van der Waals surface area contributed by atoms with Crippen molar-refractivity contribution >= 4 is 5.84 Å². The summed E-state index contributed by atoms with van der Waals surface area (Å²) in [6, 6.07) is 0. The minimum absolute atomic E-state index is 0.0146. The molecule has 0 aromatic carbocycles. The summed E-state index contributed by atoms with van der Waals surface area (Å²) < 4.78 is 12.6. The monoisotopic (exact) mass is 256 g/mol. The highest BCUT2D eigenvalue weighted by Crippen LogP contribution is 2.22. The normalized spacial score (nSPS) is 13.7. The molecular formula is C11H20N4O3. The number of oxime groups is 1. The van der Waals surface area contributed by atoms with E-state index in [-0.39, 0.29) is 11.9 Å². The van der Waals surface area contributed by atoms with Crippen molar-refractivity contribution in [1.82, 2.24) is 9.78 Å². The zero-order valence-electron chi connectivity index (χ0n) is 11.2. The van der Waals surface area contributed by atoms with Crippen molar-refractivity contribution in [2.75, 3.05) is 13.2 Å². The molecular weight excluding hydrogens is 236 g/mol. The maximum atomic E-state index is 8.77. The number of nitrogens with zero attached hydrogens (tertiary/aromatic N) is 3. The van der Waals surface area contributed by atoms with Crippen molar-refractivity contribution < 1.29 is 14.7 Å². The zero-order chi connectivity index (χ0) is 13.7. The number of hydrogen-bond acceptors (Lipinski definition) is 5. The number of rotatable bonds is 6. The third kappa shape index (κ3) is 3.13. The summed E-state index contributed by atoms with van der Waals surface area (Å²) in [7, 11) is 1.74. The lowest BCUT2D eigenvalue weighted by molar-refractivity contribution is 0.0610. The summed E-state index contributed by atoms with van der Waals surface area (Å²) in [5, 5.41) is 16.0. The molecule has 1 aromatic heterocycles. The van der Waals surface area contributed by atoms with Crippen LogP contribution in [0.15, 0.2) is 5.16 Å². The molecule has 7 nitrogen and oxygen atoms in total. The zero-order valence-corrected chi connectivity index (χ0v) is 11.2. The van der Waals surface area contributed by atoms with Gasteiger partial charge in [-0.2, -0.15) is 5.10 Å². The van der Waals surface area contributed by atoms with E-state index in [1.54, 1.807) is 18.7 Å². The van der Waals surface area contributed by atoms with Crippen LogP contribution in [-0.2, 0) is 11.8 Å². The number of hydrogen-bond donors (Lipinski definition) is 2. The van der Waals surface area contributed by atoms with Gasteiger partial charge in [0, 0.05) is 13.7 Å². The Morgan fingerprint density at radius 2 is 2.28 bits per heavy atom. The predicted molar refractivity (Wildman–Crippen MR) is 67.0 cm³/mol. The maximum absolute atomic E-state index is 8.77. The van der Waals surface area contributed by atoms with Gasteiger partial charge in [-0.25, -0.2) is 4.68 Å². The van der Waals surface area contributed by atoms with Crippen LogP contribution in [0.5, 0.6) is 5.88 Å². The third-order valence-corrected chi connectivity index (χ3v) is 2.40. The Labute approximate surface area is 106 Å². The third-order valence-electron chi connectivity index (χ3n) is 2.40. The minimum Gasteiger partial charge on any atom is -0.472 e. The number of amidine groups is 1. The van der Waals surface area contributed by atoms with E-state index in [0.717, 1.165) is 0 Å². The van der Waals surface area contributed by atoms with Crippen molar-refractivity contribution in [3.8, 4) is 5.88 Å². The second kappa shape index (κ2) is 6.25. The predicted octanol–water partition coefficient (Wildman–Crippen LogP) is 0.627. The van der Waals surface area contributed by atoms with E-state index in [0.29, 0.717) is 30.4 Å². The van der Waals surface area contributed by atoms with Gasteiger partial charge in [0.25, 0.3) is 0 Å². The van der Waals surface area contributed by atoms with Crippen LogP contribution in [0.1, 0.15) is 25.1 Å². The Bertz CT molecular complexity index is 428. The van der Waals surface area contributed by atoms with Crippen molar-refractivity contribution in [3.63, 3.8) is 0 Å². The van der Waals surface area contributed by atoms with E-state index < -0.39 is 0 Å². The van der Waals surface area contributed by atoms with Crippen LogP contribution in [-0.4, -0.2) is 40.1 Å². The largest absolute Gasteiger partial charge is 0.472 e. The van der Waals surface area contributed by atoms with Gasteiger partial charge in [0.15, 0.2) is 5.84 Å². The molecule has 1 unspecified atom stereocenters. The molecule has 3 N–H and O–H groups in total. The standard InChI is InChI=1S/C11H20N4O3/c1-5-17-6-7(2)18-11-9(10(12)14-16)8(3)13-15(11)4/h7,16H,5-6H2,1-4H3,(H2,12,14). The first-order chi connectivity index (χ1) is 8.51. The summed E-state index contributed by atoms with van der Waals surface area (Å²) in [5.41, 5.74) is 6.77. The lowest BCUT2D eigenvalue weighted by Crippen LogP contribution is -2.23. The molecule has 0 spiro atoms. The molecule has 1 atom stereocenters. The first-order valence-electron chi connectivity index (χ1n) is 5.77. The molecule has 0 aliphatic carbocycles. The molecule has 1 rings (SSSR count). The van der Waals surface area contributed by atoms with Gasteiger partial charge in [-0.1, -0.05) is 5.16 Å². The van der Waals surface area contributed by atoms with E-state index in [2.05, 4.69) is 10.3 Å². The van der Waals surface area contributed by atoms with E-state index in [1.165, 1.54) is 0 Å². The van der Waals surface area contributed by atoms with Gasteiger partial charge in [0.1, 0.15) is 11.7 Å². The van der Waals surface area contributed by atoms with Gasteiger partial charge >= 0.3 is 0 Å². The molecule has 0 amide bonds. The average Bonchev–Trinajstić information content (AvgIpc) is 2.61. The fourth-order valence-corrected chi connectivity index (χ4v) is 1.63. The highest BCUT2D eigenvalue weighted by Gasteiger charge is 2.20. The Hall–Kier alpha value is -1.76. The van der Waals surface area contributed by atoms with Gasteiger partial charge in [0.05, 0.1) is 12.3 Å². The van der Waals surface area contributed by atoms with Crippen LogP contribution < -0.4 is 10.5 Å². The number of aromatic nitrogens is 2. The molecule has 0 saturated heterocycles. The van der Waals surface area contributed by atoms with Gasteiger partial charge in [-0.3, -0.25) is 0 Å². The molecule has 0 saturated carbocycles. The first kappa shape index (κ1) is 14.3. The topological polar surface area (TPSA) is 94.9 Å². The first-order valence-corrected chi connectivity index (χ1v) is 5.77. The SMILES string of the molecule is CCOCC(C)Oc1c(C(N)=NO)c(C)nn1C. The molecule has 1 aromatic rings. The smallest absolute Gasteiger partial charge is 0.223 e. The van der Waals surface area contributed by atoms with Crippen molar-refractivity contribution in [1.29, 1.82) is 0 Å². The van der Waals surface area contributed by atoms with Gasteiger partial charge in [-0.05, 0) is 20.8 Å². The number of ether oxygens (including phenoxy) is 2. The van der Waals surface area contributed by atoms with Crippen molar-refractivity contribution in [2.24, 2.45) is 17.9 Å². The molecule has 0 radical (unpaired) electrons. The summed E-state index contributed by atoms with van der Waals surface area (Å²) in [6.07, 6.45) is -0.148. The van der Waals surface area contributed by atoms with Gasteiger partial charge < -0.3 is 20.4 Å². The number of aryl methyl sites for hydroxylation is 2. The van der Waals surface area contributed by atoms with E-state index in [1.807, 2.05) is 13.8 Å². The molecule has 18 heavy (non-hydrogen) atoms. The summed E-state index contributed by atoms with van der Waals surface area (Å²) in [5.74, 6) is 0.453. The highest BCUT2D eigenvalue weighted by molar-refractivity contribution is 6.00. The van der Waals surface area contributed by atoms with Gasteiger partial charge in [0.2, 0.25) is 5.88 Å². The van der Waals surface area contributed by atoms with E-state index in [9.17, 15) is 0 Å². The summed E-state index contributed by atoms with van der Waals surface area (Å²) in [6.45, 7) is 6.67. The van der Waals surface area contributed by atoms with Crippen LogP contribution in [0.2, 0.25) is 0 Å². The summed E-state index contributed by atoms with van der Waals surface area (Å²) in [4.78, 5) is 0. The highest BCUT2D eigenvalue weighted by atomic mass is 16.5. The maximum Gasteiger partial charge on any atom is 0.223 e. The van der Waals surface area contributed by atoms with E-state index in [4.69, 9.17) is 20.4 Å². The second-order valence-corrected chi connectivity index (χ2v) is 3.96. The van der Waals surface area contributed by atoms with Crippen LogP contribution in [0.4, 0.5) is 0 Å². The quantitative estimate of drug-likeness (QED) is 0.337. The Morgan fingerprint density at radius 3 is 2.83 bits per heavy atom. The summed E-state index contributed by atoms with van der Waals surface area (Å²) >= 11 is 0. The number of nitrogens with two attached hydrogens (primary N) is 1. The Balaban J connectivity index is 2.94. The molecule has 0 aliphatic rings. The molecule has 102 valence electrons. The van der Waals surface area contributed by atoms with Crippen LogP contribution >= 0.6 is 0 Å². The fourth-order valence-electron chi connectivity index (χ4n) is 1.63. The molecule has 0 bridgehead atoms. The second-order valence-electron chi connectivity index (χ2n) is 3.96. The lowest BCUT2D eigenvalue weighted by atomic mass is 10.2. The van der Waals surface area contributed by atoms with Crippen molar-refractivity contribution in [3.05, 3.63) is 11.3 Å². The fraction of sp³-hybridized carbons (Fsp3) is 0.636. The van der Waals surface area contributed by atoms with Crippen molar-refractivity contribution in [2.45, 2.75) is 26.9 Å². The lowest BCUT2D eigenvalue weighted by Gasteiger charge is -2.15. The minimum atomic E-state index is -0.148. The molecule has 7 heteroatoms. The van der Waals surface area contributed by atoms with Gasteiger partial charge in [-0.15, -0.1) is 0 Å². The Morgan fingerprint density at radius 1 is 1.61 bits per heavy atom. The molecule has 1 heterocycles. The Kier molecular flexibility index (Phi) is 4.96. The van der Waals surface area contributed by atoms with E-state index >= 15 is 0 Å². The average molecular weight is 256 g/mol. The van der Waals surface area contributed by atoms with Crippen LogP contribution in [0.25, 0.3) is 0 Å². The van der Waals surface area contributed by atoms with Crippen LogP contribution in [0, 0.1) is 6.92 Å². The van der Waals surface area contributed by atoms with Crippen LogP contribution in [0.3, 0.4) is 0 Å².